The van der Waals surface area contributed by atoms with Crippen LogP contribution in [0, 0.1) is 5.92 Å². The Labute approximate surface area is 147 Å². The molecule has 26 heavy (non-hydrogen) atoms. The largest absolute Gasteiger partial charge is 0.416 e. The number of hydrogen-bond acceptors (Lipinski definition) is 4. The maximum atomic E-state index is 13.0. The number of nitrogens with zero attached hydrogens (tertiary/aromatic N) is 2. The molecule has 6 nitrogen and oxygen atoms in total. The first-order valence-corrected chi connectivity index (χ1v) is 9.68. The highest BCUT2D eigenvalue weighted by Gasteiger charge is 2.32. The van der Waals surface area contributed by atoms with Gasteiger partial charge in [0, 0.05) is 18.8 Å². The molecule has 1 unspecified atom stereocenters. The standard InChI is InChI=1S/C16H16F3N3O3S/c17-16(18,19)12-2-3-14(22-6-1-5-20-22)13(9-12)21-15(23)8-11-4-7-26(24,25)10-11/h1-3,5-6,9,11H,4,7-8,10H2,(H,21,23). The number of sulfone groups is 1. The van der Waals surface area contributed by atoms with Gasteiger partial charge in [-0.05, 0) is 36.6 Å². The highest BCUT2D eigenvalue weighted by molar-refractivity contribution is 7.91. The van der Waals surface area contributed by atoms with Crippen molar-refractivity contribution in [1.29, 1.82) is 0 Å². The molecule has 1 amide bonds. The summed E-state index contributed by atoms with van der Waals surface area (Å²) in [6, 6.07) is 4.59. The van der Waals surface area contributed by atoms with Crippen LogP contribution in [0.1, 0.15) is 18.4 Å². The predicted octanol–water partition coefficient (Wildman–Crippen LogP) is 2.65. The van der Waals surface area contributed by atoms with Crippen LogP contribution in [0.25, 0.3) is 5.69 Å². The minimum Gasteiger partial charge on any atom is -0.324 e. The Balaban J connectivity index is 1.83. The molecule has 1 aromatic carbocycles. The van der Waals surface area contributed by atoms with Gasteiger partial charge in [-0.2, -0.15) is 18.3 Å². The number of hydrogen-bond donors (Lipinski definition) is 1. The summed E-state index contributed by atoms with van der Waals surface area (Å²) >= 11 is 0. The van der Waals surface area contributed by atoms with Gasteiger partial charge in [0.05, 0.1) is 28.4 Å². The van der Waals surface area contributed by atoms with Crippen molar-refractivity contribution >= 4 is 21.4 Å². The maximum absolute atomic E-state index is 13.0. The molecule has 1 saturated heterocycles. The summed E-state index contributed by atoms with van der Waals surface area (Å²) in [5.74, 6) is -0.888. The van der Waals surface area contributed by atoms with E-state index in [9.17, 15) is 26.4 Å². The van der Waals surface area contributed by atoms with E-state index in [1.807, 2.05) is 0 Å². The first kappa shape index (κ1) is 18.4. The van der Waals surface area contributed by atoms with Crippen molar-refractivity contribution < 1.29 is 26.4 Å². The summed E-state index contributed by atoms with van der Waals surface area (Å²) in [5, 5.41) is 6.44. The monoisotopic (exact) mass is 387 g/mol. The van der Waals surface area contributed by atoms with Gasteiger partial charge >= 0.3 is 6.18 Å². The van der Waals surface area contributed by atoms with Crippen molar-refractivity contribution in [3.63, 3.8) is 0 Å². The average Bonchev–Trinajstić information content (AvgIpc) is 3.16. The molecule has 2 heterocycles. The van der Waals surface area contributed by atoms with Crippen molar-refractivity contribution in [2.45, 2.75) is 19.0 Å². The minimum atomic E-state index is -4.55. The lowest BCUT2D eigenvalue weighted by molar-refractivity contribution is -0.137. The van der Waals surface area contributed by atoms with Gasteiger partial charge in [0.2, 0.25) is 5.91 Å². The summed E-state index contributed by atoms with van der Waals surface area (Å²) in [5.41, 5.74) is -0.642. The number of aromatic nitrogens is 2. The molecule has 0 saturated carbocycles. The molecule has 10 heteroatoms. The number of carbonyl (C=O) groups excluding carboxylic acids is 1. The number of amides is 1. The molecule has 0 bridgehead atoms. The van der Waals surface area contributed by atoms with E-state index >= 15 is 0 Å². The Morgan fingerprint density at radius 1 is 1.35 bits per heavy atom. The molecular formula is C16H16F3N3O3S. The van der Waals surface area contributed by atoms with E-state index in [4.69, 9.17) is 0 Å². The van der Waals surface area contributed by atoms with Crippen LogP contribution in [0.2, 0.25) is 0 Å². The summed E-state index contributed by atoms with van der Waals surface area (Å²) in [6.07, 6.45) is -1.23. The SMILES string of the molecule is O=C(CC1CCS(=O)(=O)C1)Nc1cc(C(F)(F)F)ccc1-n1cccn1. The van der Waals surface area contributed by atoms with E-state index in [0.29, 0.717) is 6.42 Å². The van der Waals surface area contributed by atoms with Crippen molar-refractivity contribution in [2.24, 2.45) is 5.92 Å². The Bertz CT molecular complexity index is 909. The van der Waals surface area contributed by atoms with E-state index in [1.54, 1.807) is 12.3 Å². The second-order valence-electron chi connectivity index (χ2n) is 6.20. The maximum Gasteiger partial charge on any atom is 0.416 e. The molecule has 1 aliphatic heterocycles. The zero-order chi connectivity index (χ0) is 18.9. The third-order valence-corrected chi connectivity index (χ3v) is 5.99. The highest BCUT2D eigenvalue weighted by Crippen LogP contribution is 2.33. The van der Waals surface area contributed by atoms with E-state index in [2.05, 4.69) is 10.4 Å². The molecule has 1 aromatic heterocycles. The minimum absolute atomic E-state index is 0.0330. The molecule has 0 aliphatic carbocycles. The van der Waals surface area contributed by atoms with Crippen LogP contribution in [-0.4, -0.2) is 35.6 Å². The molecule has 140 valence electrons. The summed E-state index contributed by atoms with van der Waals surface area (Å²) < 4.78 is 63.3. The number of halogens is 3. The number of alkyl halides is 3. The lowest BCUT2D eigenvalue weighted by atomic mass is 10.0. The number of anilines is 1. The van der Waals surface area contributed by atoms with E-state index < -0.39 is 27.5 Å². The first-order chi connectivity index (χ1) is 12.1. The van der Waals surface area contributed by atoms with Gasteiger partial charge in [0.25, 0.3) is 0 Å². The molecule has 2 aromatic rings. The van der Waals surface area contributed by atoms with Crippen LogP contribution in [0.15, 0.2) is 36.7 Å². The third kappa shape index (κ3) is 4.24. The fourth-order valence-electron chi connectivity index (χ4n) is 2.92. The second-order valence-corrected chi connectivity index (χ2v) is 8.43. The van der Waals surface area contributed by atoms with Gasteiger partial charge in [-0.25, -0.2) is 13.1 Å². The van der Waals surface area contributed by atoms with Gasteiger partial charge in [0.1, 0.15) is 0 Å². The number of rotatable bonds is 4. The van der Waals surface area contributed by atoms with Crippen molar-refractivity contribution in [2.75, 3.05) is 16.8 Å². The van der Waals surface area contributed by atoms with Gasteiger partial charge in [-0.3, -0.25) is 4.79 Å². The first-order valence-electron chi connectivity index (χ1n) is 7.85. The second kappa shape index (κ2) is 6.75. The smallest absolute Gasteiger partial charge is 0.324 e. The topological polar surface area (TPSA) is 81.1 Å². The predicted molar refractivity (Wildman–Crippen MR) is 88.6 cm³/mol. The van der Waals surface area contributed by atoms with Gasteiger partial charge in [0.15, 0.2) is 9.84 Å². The summed E-state index contributed by atoms with van der Waals surface area (Å²) in [7, 11) is -3.13. The molecule has 0 radical (unpaired) electrons. The molecular weight excluding hydrogens is 371 g/mol. The van der Waals surface area contributed by atoms with Gasteiger partial charge in [-0.1, -0.05) is 0 Å². The molecule has 1 aliphatic rings. The van der Waals surface area contributed by atoms with Crippen LogP contribution < -0.4 is 5.32 Å². The Morgan fingerprint density at radius 2 is 2.12 bits per heavy atom. The Kier molecular flexibility index (Phi) is 4.78. The molecule has 1 atom stereocenters. The molecule has 3 rings (SSSR count). The number of benzene rings is 1. The lowest BCUT2D eigenvalue weighted by Gasteiger charge is -2.15. The fraction of sp³-hybridized carbons (Fsp3) is 0.375. The van der Waals surface area contributed by atoms with Crippen LogP contribution in [0.4, 0.5) is 18.9 Å². The van der Waals surface area contributed by atoms with Gasteiger partial charge in [-0.15, -0.1) is 0 Å². The van der Waals surface area contributed by atoms with Crippen LogP contribution >= 0.6 is 0 Å². The van der Waals surface area contributed by atoms with Crippen molar-refractivity contribution in [3.05, 3.63) is 42.2 Å². The van der Waals surface area contributed by atoms with Crippen LogP contribution in [0.3, 0.4) is 0 Å². The van der Waals surface area contributed by atoms with E-state index in [0.717, 1.165) is 12.1 Å². The quantitative estimate of drug-likeness (QED) is 0.875. The highest BCUT2D eigenvalue weighted by atomic mass is 32.2. The number of nitrogens with one attached hydrogen (secondary N) is 1. The summed E-state index contributed by atoms with van der Waals surface area (Å²) in [4.78, 5) is 12.2. The number of carbonyl (C=O) groups is 1. The molecule has 1 N–H and O–H groups in total. The third-order valence-electron chi connectivity index (χ3n) is 4.15. The lowest BCUT2D eigenvalue weighted by Crippen LogP contribution is -2.19. The van der Waals surface area contributed by atoms with Crippen LogP contribution in [-0.2, 0) is 20.8 Å². The Morgan fingerprint density at radius 3 is 2.69 bits per heavy atom. The Hall–Kier alpha value is -2.36. The van der Waals surface area contributed by atoms with E-state index in [1.165, 1.54) is 16.9 Å². The van der Waals surface area contributed by atoms with Crippen molar-refractivity contribution in [3.8, 4) is 5.69 Å². The fourth-order valence-corrected chi connectivity index (χ4v) is 4.78. The average molecular weight is 387 g/mol. The molecule has 0 spiro atoms. The summed E-state index contributed by atoms with van der Waals surface area (Å²) in [6.45, 7) is 0. The van der Waals surface area contributed by atoms with E-state index in [-0.39, 0.29) is 35.2 Å². The normalized spacial score (nSPS) is 19.4. The zero-order valence-electron chi connectivity index (χ0n) is 13.5. The molecule has 1 fully saturated rings. The van der Waals surface area contributed by atoms with Crippen molar-refractivity contribution in [1.82, 2.24) is 9.78 Å². The van der Waals surface area contributed by atoms with Gasteiger partial charge < -0.3 is 5.32 Å². The zero-order valence-corrected chi connectivity index (χ0v) is 14.3. The van der Waals surface area contributed by atoms with Crippen LogP contribution in [0.5, 0.6) is 0 Å².